The molecule has 0 aliphatic heterocycles. The van der Waals surface area contributed by atoms with Crippen LogP contribution in [0.4, 0.5) is 0 Å². The lowest BCUT2D eigenvalue weighted by molar-refractivity contribution is 0.0547. The highest BCUT2D eigenvalue weighted by Gasteiger charge is 2.19. The van der Waals surface area contributed by atoms with Gasteiger partial charge in [-0.15, -0.1) is 0 Å². The number of aromatic nitrogens is 1. The maximum atomic E-state index is 11.6. The first kappa shape index (κ1) is 13.1. The summed E-state index contributed by atoms with van der Waals surface area (Å²) >= 11 is 5.79. The predicted octanol–water partition coefficient (Wildman–Crippen LogP) is 2.98. The van der Waals surface area contributed by atoms with E-state index in [1.807, 2.05) is 0 Å². The molecule has 0 unspecified atom stereocenters. The van der Waals surface area contributed by atoms with Gasteiger partial charge in [0.25, 0.3) is 0 Å². The summed E-state index contributed by atoms with van der Waals surface area (Å²) in [6, 6.07) is 8.58. The van der Waals surface area contributed by atoms with Crippen molar-refractivity contribution in [1.29, 1.82) is 5.26 Å². The van der Waals surface area contributed by atoms with Gasteiger partial charge in [0.1, 0.15) is 11.8 Å². The van der Waals surface area contributed by atoms with Crippen molar-refractivity contribution in [3.05, 3.63) is 40.7 Å². The van der Waals surface area contributed by atoms with Crippen molar-refractivity contribution in [3.63, 3.8) is 0 Å². The van der Waals surface area contributed by atoms with E-state index in [4.69, 9.17) is 21.3 Å². The Morgan fingerprint density at radius 1 is 1.47 bits per heavy atom. The van der Waals surface area contributed by atoms with E-state index in [1.54, 1.807) is 37.3 Å². The van der Waals surface area contributed by atoms with Crippen molar-refractivity contribution in [2.24, 2.45) is 0 Å². The number of ether oxygens (including phenoxy) is 1. The Hall–Kier alpha value is -2.32. The predicted molar refractivity (Wildman–Crippen MR) is 67.6 cm³/mol. The van der Waals surface area contributed by atoms with E-state index < -0.39 is 5.97 Å². The van der Waals surface area contributed by atoms with Crippen molar-refractivity contribution in [3.8, 4) is 17.5 Å². The van der Waals surface area contributed by atoms with Crippen LogP contribution in [0.25, 0.3) is 11.5 Å². The van der Waals surface area contributed by atoms with Gasteiger partial charge in [0.05, 0.1) is 0 Å². The van der Waals surface area contributed by atoms with Crippen molar-refractivity contribution in [2.45, 2.75) is 6.92 Å². The number of esters is 1. The van der Waals surface area contributed by atoms with Crippen LogP contribution in [-0.2, 0) is 4.74 Å². The molecule has 0 aliphatic rings. The van der Waals surface area contributed by atoms with E-state index in [1.165, 1.54) is 0 Å². The van der Waals surface area contributed by atoms with Crippen molar-refractivity contribution in [1.82, 2.24) is 4.98 Å². The summed E-state index contributed by atoms with van der Waals surface area (Å²) in [5.41, 5.74) is 0.770. The Bertz CT molecular complexity index is 641. The Morgan fingerprint density at radius 2 is 2.16 bits per heavy atom. The zero-order chi connectivity index (χ0) is 13.8. The van der Waals surface area contributed by atoms with Gasteiger partial charge in [-0.1, -0.05) is 11.6 Å². The summed E-state index contributed by atoms with van der Waals surface area (Å²) in [7, 11) is 0. The maximum Gasteiger partial charge on any atom is 0.361 e. The lowest BCUT2D eigenvalue weighted by Crippen LogP contribution is -2.07. The molecule has 0 bridgehead atoms. The molecule has 1 aromatic heterocycles. The summed E-state index contributed by atoms with van der Waals surface area (Å²) in [4.78, 5) is 15.7. The quantitative estimate of drug-likeness (QED) is 0.806. The third kappa shape index (κ3) is 2.92. The van der Waals surface area contributed by atoms with E-state index in [-0.39, 0.29) is 12.3 Å². The SMILES string of the molecule is Cc1oc(-c2ccc(Cl)cc2)nc1C(=O)OCC#N. The Balaban J connectivity index is 2.28. The van der Waals surface area contributed by atoms with Crippen LogP contribution in [-0.4, -0.2) is 17.6 Å². The second kappa shape index (κ2) is 5.55. The average molecular weight is 277 g/mol. The molecule has 96 valence electrons. The number of nitrogens with zero attached hydrogens (tertiary/aromatic N) is 2. The molecule has 2 rings (SSSR count). The fraction of sp³-hybridized carbons (Fsp3) is 0.154. The van der Waals surface area contributed by atoms with Gasteiger partial charge in [0, 0.05) is 10.6 Å². The van der Waals surface area contributed by atoms with Gasteiger partial charge < -0.3 is 9.15 Å². The topological polar surface area (TPSA) is 76.1 Å². The number of hydrogen-bond acceptors (Lipinski definition) is 5. The second-order valence-electron chi connectivity index (χ2n) is 3.66. The highest BCUT2D eigenvalue weighted by Crippen LogP contribution is 2.23. The highest BCUT2D eigenvalue weighted by molar-refractivity contribution is 6.30. The molecule has 1 heterocycles. The van der Waals surface area contributed by atoms with E-state index >= 15 is 0 Å². The molecule has 0 radical (unpaired) electrons. The maximum absolute atomic E-state index is 11.6. The standard InChI is InChI=1S/C13H9ClN2O3/c1-8-11(13(17)18-7-6-15)16-12(19-8)9-2-4-10(14)5-3-9/h2-5H,7H2,1H3. The third-order valence-electron chi connectivity index (χ3n) is 2.35. The van der Waals surface area contributed by atoms with Crippen LogP contribution in [0.2, 0.25) is 5.02 Å². The molecular weight excluding hydrogens is 268 g/mol. The Labute approximate surface area is 114 Å². The Kier molecular flexibility index (Phi) is 3.83. The van der Waals surface area contributed by atoms with Crippen molar-refractivity contribution >= 4 is 17.6 Å². The monoisotopic (exact) mass is 276 g/mol. The first-order valence-corrected chi connectivity index (χ1v) is 5.77. The molecule has 0 fully saturated rings. The molecule has 0 saturated heterocycles. The largest absolute Gasteiger partial charge is 0.445 e. The summed E-state index contributed by atoms with van der Waals surface area (Å²) in [6.07, 6.45) is 0. The number of nitriles is 1. The minimum atomic E-state index is -0.678. The van der Waals surface area contributed by atoms with E-state index in [0.29, 0.717) is 22.2 Å². The molecule has 0 amide bonds. The fourth-order valence-electron chi connectivity index (χ4n) is 1.47. The minimum Gasteiger partial charge on any atom is -0.445 e. The summed E-state index contributed by atoms with van der Waals surface area (Å²) in [5, 5.41) is 8.95. The average Bonchev–Trinajstić information content (AvgIpc) is 2.79. The normalized spacial score (nSPS) is 9.95. The van der Waals surface area contributed by atoms with Crippen molar-refractivity contribution in [2.75, 3.05) is 6.61 Å². The number of hydrogen-bond donors (Lipinski definition) is 0. The molecule has 6 heteroatoms. The lowest BCUT2D eigenvalue weighted by Gasteiger charge is -1.95. The highest BCUT2D eigenvalue weighted by atomic mass is 35.5. The van der Waals surface area contributed by atoms with Crippen LogP contribution in [0.15, 0.2) is 28.7 Å². The summed E-state index contributed by atoms with van der Waals surface area (Å²) < 4.78 is 10.1. The number of carbonyl (C=O) groups excluding carboxylic acids is 1. The van der Waals surface area contributed by atoms with Gasteiger partial charge in [0.2, 0.25) is 5.89 Å². The van der Waals surface area contributed by atoms with Crippen molar-refractivity contribution < 1.29 is 13.9 Å². The zero-order valence-corrected chi connectivity index (χ0v) is 10.8. The molecule has 19 heavy (non-hydrogen) atoms. The van der Waals surface area contributed by atoms with E-state index in [0.717, 1.165) is 0 Å². The fourth-order valence-corrected chi connectivity index (χ4v) is 1.59. The van der Waals surface area contributed by atoms with Crippen LogP contribution in [0, 0.1) is 18.3 Å². The van der Waals surface area contributed by atoms with Gasteiger partial charge in [-0.25, -0.2) is 9.78 Å². The van der Waals surface area contributed by atoms with Gasteiger partial charge in [0.15, 0.2) is 12.3 Å². The van der Waals surface area contributed by atoms with Gasteiger partial charge >= 0.3 is 5.97 Å². The van der Waals surface area contributed by atoms with Gasteiger partial charge in [-0.3, -0.25) is 0 Å². The molecule has 5 nitrogen and oxygen atoms in total. The van der Waals surface area contributed by atoms with Crippen LogP contribution >= 0.6 is 11.6 Å². The van der Waals surface area contributed by atoms with Crippen LogP contribution < -0.4 is 0 Å². The second-order valence-corrected chi connectivity index (χ2v) is 4.10. The smallest absolute Gasteiger partial charge is 0.361 e. The molecule has 0 atom stereocenters. The molecule has 1 aromatic carbocycles. The molecular formula is C13H9ClN2O3. The van der Waals surface area contributed by atoms with Crippen LogP contribution in [0.1, 0.15) is 16.2 Å². The Morgan fingerprint density at radius 3 is 2.79 bits per heavy atom. The van der Waals surface area contributed by atoms with E-state index in [9.17, 15) is 4.79 Å². The number of oxazole rings is 1. The number of rotatable bonds is 3. The number of benzene rings is 1. The number of aryl methyl sites for hydroxylation is 1. The number of carbonyl (C=O) groups is 1. The third-order valence-corrected chi connectivity index (χ3v) is 2.60. The molecule has 0 saturated carbocycles. The summed E-state index contributed by atoms with van der Waals surface area (Å²) in [6.45, 7) is 1.29. The van der Waals surface area contributed by atoms with Gasteiger partial charge in [-0.2, -0.15) is 5.26 Å². The van der Waals surface area contributed by atoms with Crippen LogP contribution in [0.3, 0.4) is 0 Å². The molecule has 0 aliphatic carbocycles. The molecule has 2 aromatic rings. The first-order valence-electron chi connectivity index (χ1n) is 5.39. The van der Waals surface area contributed by atoms with Crippen LogP contribution in [0.5, 0.6) is 0 Å². The van der Waals surface area contributed by atoms with Gasteiger partial charge in [-0.05, 0) is 31.2 Å². The zero-order valence-electron chi connectivity index (χ0n) is 10.0. The molecule has 0 N–H and O–H groups in total. The van der Waals surface area contributed by atoms with E-state index in [2.05, 4.69) is 9.72 Å². The molecule has 0 spiro atoms. The number of halogens is 1. The minimum absolute atomic E-state index is 0.0696. The summed E-state index contributed by atoms with van der Waals surface area (Å²) in [5.74, 6) is -0.0334. The lowest BCUT2D eigenvalue weighted by atomic mass is 10.2. The first-order chi connectivity index (χ1) is 9.11.